The summed E-state index contributed by atoms with van der Waals surface area (Å²) < 4.78 is 22.5. The number of rotatable bonds is 14. The van der Waals surface area contributed by atoms with E-state index in [9.17, 15) is 9.90 Å². The molecule has 7 heteroatoms. The van der Waals surface area contributed by atoms with Crippen LogP contribution >= 0.6 is 11.6 Å². The Morgan fingerprint density at radius 3 is 2.34 bits per heavy atom. The minimum absolute atomic E-state index is 0.118. The number of aliphatic carboxylic acids is 1. The summed E-state index contributed by atoms with van der Waals surface area (Å²) in [4.78, 5) is 11.3. The zero-order valence-electron chi connectivity index (χ0n) is 18.9. The number of hydrogen-bond acceptors (Lipinski definition) is 5. The van der Waals surface area contributed by atoms with Gasteiger partial charge in [-0.25, -0.2) is 4.79 Å². The molecule has 174 valence electrons. The second kappa shape index (κ2) is 13.5. The first kappa shape index (κ1) is 25.4. The average molecular weight is 463 g/mol. The van der Waals surface area contributed by atoms with Crippen LogP contribution < -0.4 is 14.2 Å². The summed E-state index contributed by atoms with van der Waals surface area (Å²) in [6, 6.07) is 11.0. The molecule has 2 aromatic carbocycles. The fourth-order valence-electron chi connectivity index (χ4n) is 2.90. The zero-order valence-corrected chi connectivity index (χ0v) is 19.6. The van der Waals surface area contributed by atoms with E-state index in [-0.39, 0.29) is 12.4 Å². The molecule has 0 aliphatic rings. The van der Waals surface area contributed by atoms with Crippen molar-refractivity contribution >= 4 is 23.6 Å². The highest BCUT2D eigenvalue weighted by atomic mass is 35.5. The Kier molecular flexibility index (Phi) is 10.7. The van der Waals surface area contributed by atoms with Crippen molar-refractivity contribution in [1.82, 2.24) is 0 Å². The van der Waals surface area contributed by atoms with E-state index in [0.29, 0.717) is 54.1 Å². The summed E-state index contributed by atoms with van der Waals surface area (Å²) in [5.41, 5.74) is 1.70. The Balaban J connectivity index is 2.12. The summed E-state index contributed by atoms with van der Waals surface area (Å²) in [5, 5.41) is 9.86. The molecule has 1 N–H and O–H groups in total. The van der Waals surface area contributed by atoms with Gasteiger partial charge in [-0.15, -0.1) is 0 Å². The molecule has 6 nitrogen and oxygen atoms in total. The van der Waals surface area contributed by atoms with Gasteiger partial charge in [0.1, 0.15) is 5.75 Å². The largest absolute Gasteiger partial charge is 0.492 e. The van der Waals surface area contributed by atoms with Gasteiger partial charge in [0.25, 0.3) is 0 Å². The predicted octanol–water partition coefficient (Wildman–Crippen LogP) is 6.00. The molecule has 0 fully saturated rings. The Bertz CT molecular complexity index is 909. The first-order chi connectivity index (χ1) is 15.5. The van der Waals surface area contributed by atoms with Gasteiger partial charge in [0.05, 0.1) is 31.5 Å². The molecule has 0 aliphatic carbocycles. The van der Waals surface area contributed by atoms with Crippen LogP contribution in [0.1, 0.15) is 44.7 Å². The lowest BCUT2D eigenvalue weighted by Gasteiger charge is -2.14. The van der Waals surface area contributed by atoms with E-state index >= 15 is 0 Å². The van der Waals surface area contributed by atoms with Crippen LogP contribution in [-0.2, 0) is 16.0 Å². The topological polar surface area (TPSA) is 74.2 Å². The molecule has 2 aromatic rings. The minimum atomic E-state index is -1.12. The lowest BCUT2D eigenvalue weighted by atomic mass is 10.1. The quantitative estimate of drug-likeness (QED) is 0.211. The fourth-order valence-corrected chi connectivity index (χ4v) is 3.15. The molecule has 0 heterocycles. The van der Waals surface area contributed by atoms with Crippen molar-refractivity contribution in [2.24, 2.45) is 0 Å². The maximum Gasteiger partial charge on any atom is 0.371 e. The predicted molar refractivity (Wildman–Crippen MR) is 126 cm³/mol. The highest BCUT2D eigenvalue weighted by Gasteiger charge is 2.11. The van der Waals surface area contributed by atoms with E-state index in [4.69, 9.17) is 30.5 Å². The number of benzene rings is 2. The van der Waals surface area contributed by atoms with Crippen LogP contribution in [0.15, 0.2) is 42.2 Å². The third-order valence-corrected chi connectivity index (χ3v) is 4.77. The normalized spacial score (nSPS) is 11.2. The number of carbonyl (C=O) groups is 1. The van der Waals surface area contributed by atoms with E-state index < -0.39 is 5.97 Å². The fraction of sp³-hybridized carbons (Fsp3) is 0.400. The van der Waals surface area contributed by atoms with Crippen LogP contribution in [0.2, 0.25) is 5.02 Å². The smallest absolute Gasteiger partial charge is 0.371 e. The van der Waals surface area contributed by atoms with Gasteiger partial charge in [-0.2, -0.15) is 0 Å². The summed E-state index contributed by atoms with van der Waals surface area (Å²) >= 11 is 6.26. The Labute approximate surface area is 194 Å². The number of halogens is 1. The van der Waals surface area contributed by atoms with Gasteiger partial charge in [-0.3, -0.25) is 0 Å². The van der Waals surface area contributed by atoms with Gasteiger partial charge < -0.3 is 24.1 Å². The van der Waals surface area contributed by atoms with Crippen LogP contribution in [0.4, 0.5) is 0 Å². The van der Waals surface area contributed by atoms with E-state index in [1.54, 1.807) is 25.1 Å². The summed E-state index contributed by atoms with van der Waals surface area (Å²) in [6.45, 7) is 7.56. The minimum Gasteiger partial charge on any atom is -0.492 e. The lowest BCUT2D eigenvalue weighted by Crippen LogP contribution is -2.06. The number of hydrogen-bond donors (Lipinski definition) is 1. The van der Waals surface area contributed by atoms with Gasteiger partial charge in [0.2, 0.25) is 5.76 Å². The Hall–Kier alpha value is -2.86. The van der Waals surface area contributed by atoms with Crippen molar-refractivity contribution in [2.75, 3.05) is 26.4 Å². The molecule has 0 radical (unpaired) electrons. The molecule has 2 rings (SSSR count). The standard InChI is InChI=1S/C25H31ClO6/c1-4-7-13-31-23-16-19(17-24(25(27)28)30-6-3)9-11-22(23)32-14-12-18-8-10-21(29-5-2)20(26)15-18/h8-11,15-17H,4-7,12-14H2,1-3H3,(H,27,28)/b24-17+. The molecule has 0 saturated carbocycles. The number of carboxylic acids is 1. The number of carboxylic acid groups (broad SMARTS) is 1. The van der Waals surface area contributed by atoms with E-state index in [2.05, 4.69) is 6.92 Å². The van der Waals surface area contributed by atoms with Crippen molar-refractivity contribution < 1.29 is 28.8 Å². The summed E-state index contributed by atoms with van der Waals surface area (Å²) in [6.07, 6.45) is 4.05. The van der Waals surface area contributed by atoms with Crippen LogP contribution in [0, 0.1) is 0 Å². The molecule has 0 amide bonds. The van der Waals surface area contributed by atoms with Crippen molar-refractivity contribution in [2.45, 2.75) is 40.0 Å². The van der Waals surface area contributed by atoms with Gasteiger partial charge >= 0.3 is 5.97 Å². The number of ether oxygens (including phenoxy) is 4. The van der Waals surface area contributed by atoms with Gasteiger partial charge in [-0.1, -0.05) is 37.1 Å². The van der Waals surface area contributed by atoms with Gasteiger partial charge in [-0.05, 0) is 61.7 Å². The Morgan fingerprint density at radius 2 is 1.69 bits per heavy atom. The van der Waals surface area contributed by atoms with E-state index in [0.717, 1.165) is 18.4 Å². The maximum atomic E-state index is 11.3. The van der Waals surface area contributed by atoms with Crippen LogP contribution in [-0.4, -0.2) is 37.5 Å². The molecular weight excluding hydrogens is 432 g/mol. The summed E-state index contributed by atoms with van der Waals surface area (Å²) in [7, 11) is 0. The molecular formula is C25H31ClO6. The van der Waals surface area contributed by atoms with Crippen molar-refractivity contribution in [3.05, 3.63) is 58.3 Å². The third kappa shape index (κ3) is 8.00. The Morgan fingerprint density at radius 1 is 0.938 bits per heavy atom. The molecule has 0 unspecified atom stereocenters. The van der Waals surface area contributed by atoms with Crippen LogP contribution in [0.3, 0.4) is 0 Å². The molecule has 32 heavy (non-hydrogen) atoms. The van der Waals surface area contributed by atoms with E-state index in [1.165, 1.54) is 6.08 Å². The highest BCUT2D eigenvalue weighted by molar-refractivity contribution is 6.32. The first-order valence-corrected chi connectivity index (χ1v) is 11.2. The molecule has 0 spiro atoms. The zero-order chi connectivity index (χ0) is 23.3. The molecule has 0 bridgehead atoms. The molecule has 0 aromatic heterocycles. The van der Waals surface area contributed by atoms with Crippen LogP contribution in [0.5, 0.6) is 17.2 Å². The average Bonchev–Trinajstić information content (AvgIpc) is 2.77. The van der Waals surface area contributed by atoms with Crippen LogP contribution in [0.25, 0.3) is 6.08 Å². The lowest BCUT2D eigenvalue weighted by molar-refractivity contribution is -0.136. The van der Waals surface area contributed by atoms with Crippen molar-refractivity contribution in [1.29, 1.82) is 0 Å². The number of unbranched alkanes of at least 4 members (excludes halogenated alkanes) is 1. The van der Waals surface area contributed by atoms with E-state index in [1.807, 2.05) is 25.1 Å². The van der Waals surface area contributed by atoms with Gasteiger partial charge in [0, 0.05) is 6.42 Å². The van der Waals surface area contributed by atoms with Gasteiger partial charge in [0.15, 0.2) is 11.5 Å². The molecule has 0 saturated heterocycles. The SMILES string of the molecule is CCCCOc1cc(/C=C(/OCC)C(=O)O)ccc1OCCc1ccc(OCC)c(Cl)c1. The second-order valence-corrected chi connectivity index (χ2v) is 7.36. The monoisotopic (exact) mass is 462 g/mol. The summed E-state index contributed by atoms with van der Waals surface area (Å²) in [5.74, 6) is 0.603. The first-order valence-electron chi connectivity index (χ1n) is 10.9. The molecule has 0 atom stereocenters. The maximum absolute atomic E-state index is 11.3. The van der Waals surface area contributed by atoms with Crippen molar-refractivity contribution in [3.63, 3.8) is 0 Å². The molecule has 0 aliphatic heterocycles. The van der Waals surface area contributed by atoms with Crippen molar-refractivity contribution in [3.8, 4) is 17.2 Å². The highest BCUT2D eigenvalue weighted by Crippen LogP contribution is 2.30. The second-order valence-electron chi connectivity index (χ2n) is 6.95. The third-order valence-electron chi connectivity index (χ3n) is 4.48.